The van der Waals surface area contributed by atoms with E-state index in [0.29, 0.717) is 18.1 Å². The van der Waals surface area contributed by atoms with E-state index in [2.05, 4.69) is 5.32 Å². The number of carbonyl (C=O) groups excluding carboxylic acids is 1. The fourth-order valence-electron chi connectivity index (χ4n) is 2.21. The summed E-state index contributed by atoms with van der Waals surface area (Å²) in [7, 11) is 1.65. The van der Waals surface area contributed by atoms with Crippen molar-refractivity contribution in [2.75, 3.05) is 19.4 Å². The van der Waals surface area contributed by atoms with Gasteiger partial charge in [-0.3, -0.25) is 4.79 Å². The van der Waals surface area contributed by atoms with Crippen molar-refractivity contribution >= 4 is 17.7 Å². The summed E-state index contributed by atoms with van der Waals surface area (Å²) in [5, 5.41) is 2.93. The molecule has 0 unspecified atom stereocenters. The van der Waals surface area contributed by atoms with Crippen molar-refractivity contribution in [3.63, 3.8) is 0 Å². The van der Waals surface area contributed by atoms with Gasteiger partial charge < -0.3 is 10.1 Å². The third kappa shape index (κ3) is 6.62. The molecular formula is C19H22FNO2S. The van der Waals surface area contributed by atoms with E-state index in [1.54, 1.807) is 19.2 Å². The lowest BCUT2D eigenvalue weighted by molar-refractivity contribution is -0.118. The van der Waals surface area contributed by atoms with Crippen LogP contribution in [0.1, 0.15) is 17.5 Å². The van der Waals surface area contributed by atoms with Crippen LogP contribution in [0, 0.1) is 5.82 Å². The van der Waals surface area contributed by atoms with Crippen LogP contribution >= 0.6 is 11.8 Å². The van der Waals surface area contributed by atoms with Crippen LogP contribution in [0.2, 0.25) is 0 Å². The van der Waals surface area contributed by atoms with E-state index >= 15 is 0 Å². The van der Waals surface area contributed by atoms with E-state index in [9.17, 15) is 9.18 Å². The fraction of sp³-hybridized carbons (Fsp3) is 0.316. The number of carbonyl (C=O) groups is 1. The first kappa shape index (κ1) is 18.3. The molecule has 0 saturated carbocycles. The number of benzene rings is 2. The highest BCUT2D eigenvalue weighted by atomic mass is 32.2. The molecule has 1 amide bonds. The van der Waals surface area contributed by atoms with E-state index < -0.39 is 0 Å². The van der Waals surface area contributed by atoms with E-state index in [-0.39, 0.29) is 11.7 Å². The number of thioether (sulfide) groups is 1. The van der Waals surface area contributed by atoms with Crippen LogP contribution in [0.4, 0.5) is 4.39 Å². The molecule has 0 aliphatic carbocycles. The molecule has 0 spiro atoms. The third-order valence-corrected chi connectivity index (χ3v) is 4.54. The number of ether oxygens (including phenoxy) is 1. The van der Waals surface area contributed by atoms with Crippen LogP contribution in [-0.4, -0.2) is 25.3 Å². The largest absolute Gasteiger partial charge is 0.497 e. The maximum atomic E-state index is 12.8. The summed E-state index contributed by atoms with van der Waals surface area (Å²) in [6.07, 6.45) is 1.83. The van der Waals surface area contributed by atoms with Gasteiger partial charge in [0.1, 0.15) is 11.6 Å². The number of hydrogen-bond donors (Lipinski definition) is 1. The second kappa shape index (κ2) is 9.98. The molecule has 1 N–H and O–H groups in total. The number of nitrogens with one attached hydrogen (secondary N) is 1. The van der Waals surface area contributed by atoms with E-state index in [1.165, 1.54) is 29.5 Å². The van der Waals surface area contributed by atoms with E-state index in [1.807, 2.05) is 24.3 Å². The lowest BCUT2D eigenvalue weighted by atomic mass is 10.1. The minimum absolute atomic E-state index is 0.0387. The predicted molar refractivity (Wildman–Crippen MR) is 96.9 cm³/mol. The molecule has 0 saturated heterocycles. The van der Waals surface area contributed by atoms with Gasteiger partial charge in [-0.05, 0) is 48.2 Å². The summed E-state index contributed by atoms with van der Waals surface area (Å²) in [6, 6.07) is 14.3. The van der Waals surface area contributed by atoms with Crippen molar-refractivity contribution in [1.29, 1.82) is 0 Å². The Bertz CT molecular complexity index is 629. The number of methoxy groups -OCH3 is 1. The van der Waals surface area contributed by atoms with Crippen LogP contribution in [0.25, 0.3) is 0 Å². The summed E-state index contributed by atoms with van der Waals surface area (Å²) >= 11 is 1.53. The molecule has 0 aliphatic heterocycles. The van der Waals surface area contributed by atoms with Crippen molar-refractivity contribution in [3.8, 4) is 5.75 Å². The molecule has 0 bridgehead atoms. The molecule has 0 aromatic heterocycles. The molecule has 2 aromatic rings. The Morgan fingerprint density at radius 2 is 1.75 bits per heavy atom. The van der Waals surface area contributed by atoms with Gasteiger partial charge in [0.2, 0.25) is 5.91 Å². The third-order valence-electron chi connectivity index (χ3n) is 3.54. The molecule has 5 heteroatoms. The Morgan fingerprint density at radius 1 is 1.08 bits per heavy atom. The number of rotatable bonds is 9. The van der Waals surface area contributed by atoms with Crippen LogP contribution in [0.3, 0.4) is 0 Å². The molecule has 0 atom stereocenters. The SMILES string of the molecule is COc1ccc(CCCNC(=O)CSCc2ccc(F)cc2)cc1. The predicted octanol–water partition coefficient (Wildman–Crippen LogP) is 3.82. The highest BCUT2D eigenvalue weighted by molar-refractivity contribution is 7.99. The van der Waals surface area contributed by atoms with Crippen molar-refractivity contribution in [3.05, 3.63) is 65.5 Å². The number of amides is 1. The zero-order chi connectivity index (χ0) is 17.2. The van der Waals surface area contributed by atoms with Gasteiger partial charge >= 0.3 is 0 Å². The van der Waals surface area contributed by atoms with E-state index in [0.717, 1.165) is 24.2 Å². The molecule has 0 fully saturated rings. The van der Waals surface area contributed by atoms with Crippen LogP contribution < -0.4 is 10.1 Å². The molecule has 0 heterocycles. The molecule has 24 heavy (non-hydrogen) atoms. The minimum Gasteiger partial charge on any atom is -0.497 e. The van der Waals surface area contributed by atoms with Gasteiger partial charge in [-0.2, -0.15) is 0 Å². The zero-order valence-corrected chi connectivity index (χ0v) is 14.6. The summed E-state index contributed by atoms with van der Waals surface area (Å²) in [6.45, 7) is 0.669. The Morgan fingerprint density at radius 3 is 2.42 bits per heavy atom. The smallest absolute Gasteiger partial charge is 0.230 e. The number of hydrogen-bond acceptors (Lipinski definition) is 3. The fourth-order valence-corrected chi connectivity index (χ4v) is 3.02. The molecule has 2 rings (SSSR count). The van der Waals surface area contributed by atoms with Crippen molar-refractivity contribution in [2.24, 2.45) is 0 Å². The highest BCUT2D eigenvalue weighted by Crippen LogP contribution is 2.13. The zero-order valence-electron chi connectivity index (χ0n) is 13.8. The van der Waals surface area contributed by atoms with Crippen LogP contribution in [0.15, 0.2) is 48.5 Å². The summed E-state index contributed by atoms with van der Waals surface area (Å²) in [5.41, 5.74) is 2.25. The maximum absolute atomic E-state index is 12.8. The maximum Gasteiger partial charge on any atom is 0.230 e. The second-order valence-electron chi connectivity index (χ2n) is 5.42. The standard InChI is InChI=1S/C19H22FNO2S/c1-23-18-10-6-15(7-11-18)3-2-12-21-19(22)14-24-13-16-4-8-17(20)9-5-16/h4-11H,2-3,12-14H2,1H3,(H,21,22). The number of halogens is 1. The molecule has 2 aromatic carbocycles. The van der Waals surface area contributed by atoms with Gasteiger partial charge in [0, 0.05) is 12.3 Å². The van der Waals surface area contributed by atoms with Gasteiger partial charge in [-0.25, -0.2) is 4.39 Å². The topological polar surface area (TPSA) is 38.3 Å². The Balaban J connectivity index is 1.56. The van der Waals surface area contributed by atoms with Gasteiger partial charge in [-0.1, -0.05) is 24.3 Å². The Hall–Kier alpha value is -2.01. The van der Waals surface area contributed by atoms with Gasteiger partial charge in [0.05, 0.1) is 12.9 Å². The van der Waals surface area contributed by atoms with Crippen LogP contribution in [-0.2, 0) is 17.0 Å². The molecule has 3 nitrogen and oxygen atoms in total. The molecule has 0 radical (unpaired) electrons. The molecular weight excluding hydrogens is 325 g/mol. The molecule has 128 valence electrons. The summed E-state index contributed by atoms with van der Waals surface area (Å²) in [5.74, 6) is 1.78. The molecule has 0 aliphatic rings. The van der Waals surface area contributed by atoms with Crippen molar-refractivity contribution in [1.82, 2.24) is 5.32 Å². The first-order valence-corrected chi connectivity index (χ1v) is 9.04. The Kier molecular flexibility index (Phi) is 7.62. The minimum atomic E-state index is -0.238. The second-order valence-corrected chi connectivity index (χ2v) is 6.41. The van der Waals surface area contributed by atoms with Crippen LogP contribution in [0.5, 0.6) is 5.75 Å². The lowest BCUT2D eigenvalue weighted by Crippen LogP contribution is -2.26. The normalized spacial score (nSPS) is 10.4. The monoisotopic (exact) mass is 347 g/mol. The van der Waals surface area contributed by atoms with Crippen molar-refractivity contribution < 1.29 is 13.9 Å². The average Bonchev–Trinajstić information content (AvgIpc) is 2.61. The number of aryl methyl sites for hydroxylation is 1. The first-order chi connectivity index (χ1) is 11.7. The first-order valence-electron chi connectivity index (χ1n) is 7.89. The quantitative estimate of drug-likeness (QED) is 0.701. The van der Waals surface area contributed by atoms with Gasteiger partial charge in [0.15, 0.2) is 0 Å². The Labute approximate surface area is 146 Å². The lowest BCUT2D eigenvalue weighted by Gasteiger charge is -2.06. The summed E-state index contributed by atoms with van der Waals surface area (Å²) in [4.78, 5) is 11.8. The van der Waals surface area contributed by atoms with E-state index in [4.69, 9.17) is 4.74 Å². The highest BCUT2D eigenvalue weighted by Gasteiger charge is 2.02. The van der Waals surface area contributed by atoms with Gasteiger partial charge in [-0.15, -0.1) is 11.8 Å². The average molecular weight is 347 g/mol. The van der Waals surface area contributed by atoms with Gasteiger partial charge in [0.25, 0.3) is 0 Å². The van der Waals surface area contributed by atoms with Crippen molar-refractivity contribution in [2.45, 2.75) is 18.6 Å². The summed E-state index contributed by atoms with van der Waals surface area (Å²) < 4.78 is 17.9.